The van der Waals surface area contributed by atoms with E-state index >= 15 is 0 Å². The van der Waals surface area contributed by atoms with E-state index in [9.17, 15) is 19.5 Å². The summed E-state index contributed by atoms with van der Waals surface area (Å²) in [4.78, 5) is 82.2. The van der Waals surface area contributed by atoms with Gasteiger partial charge in [0, 0.05) is 119 Å². The standard InChI is InChI=1S/C33H44ClN5O3Si.C20H17ClN4.C18H19ClN2O3.C15H24IN3Si/c1-21(2)43(22(3)4,23(5)6)39-19-28(27-17-35-20-37-31(27)39)30(40)25-12-15-29(36-16-25)38(32(41)42-33(7,8)9)18-24-10-13-26(34)14-11-24;21-17-5-1-14(2-6-17)3-7-18-8-4-15(10-23-18)9-16-11-24-20-19(16)12-22-13-25-20;1-18(2,3)24-17(23)21(11-13-4-7-15(19)8-5-13)16-9-6-14(12-22)10-20-16;1-10(2)20(11(3)4,12(5)6)19-8-14(16)13-7-17-9-18-15(13)19/h10-17,19-23,30,40H,18H2,1-9H3;1-2,4-6,8,10-13H,3,7,9H2,(H,22,24,25);4-10,12H,11H2,1-3H3;7-12H,1-6H3. The molecule has 1 unspecified atom stereocenters. The number of amides is 2. The van der Waals surface area contributed by atoms with Crippen LogP contribution >= 0.6 is 57.4 Å². The number of carbonyl (C=O) groups is 3. The van der Waals surface area contributed by atoms with Crippen LogP contribution in [0.2, 0.25) is 48.3 Å². The van der Waals surface area contributed by atoms with Gasteiger partial charge in [-0.3, -0.25) is 19.6 Å². The average molecular weight is 1720 g/mol. The van der Waals surface area contributed by atoms with E-state index in [0.29, 0.717) is 72.3 Å². The number of aliphatic hydroxyl groups is 1. The Kier molecular flexibility index (Phi) is 29.8. The van der Waals surface area contributed by atoms with E-state index in [-0.39, 0.29) is 13.1 Å². The van der Waals surface area contributed by atoms with E-state index in [4.69, 9.17) is 49.3 Å². The van der Waals surface area contributed by atoms with E-state index in [1.54, 1.807) is 101 Å². The second-order valence-electron chi connectivity index (χ2n) is 31.9. The lowest BCUT2D eigenvalue weighted by Crippen LogP contribution is -2.51. The first-order chi connectivity index (χ1) is 53.0. The molecule has 0 bridgehead atoms. The number of halogens is 4. The zero-order valence-corrected chi connectivity index (χ0v) is 73.7. The normalized spacial score (nSPS) is 12.3. The molecule has 0 spiro atoms. The second kappa shape index (κ2) is 38.3. The Morgan fingerprint density at radius 3 is 1.38 bits per heavy atom. The van der Waals surface area contributed by atoms with Crippen LogP contribution in [0.15, 0.2) is 184 Å². The molecule has 0 aliphatic heterocycles. The second-order valence-corrected chi connectivity index (χ2v) is 45.8. The number of aliphatic hydroxyl groups excluding tert-OH is 1. The molecule has 1 atom stereocenters. The summed E-state index contributed by atoms with van der Waals surface area (Å²) in [5, 5.41) is 16.8. The van der Waals surface area contributed by atoms with Gasteiger partial charge in [0.1, 0.15) is 64.9 Å². The van der Waals surface area contributed by atoms with Gasteiger partial charge in [0.2, 0.25) is 0 Å². The molecule has 0 fully saturated rings. The van der Waals surface area contributed by atoms with Gasteiger partial charge in [-0.25, -0.2) is 49.5 Å². The Balaban J connectivity index is 0.000000180. The highest BCUT2D eigenvalue weighted by molar-refractivity contribution is 14.1. The molecule has 0 aliphatic rings. The van der Waals surface area contributed by atoms with Crippen molar-refractivity contribution < 1.29 is 29.0 Å². The highest BCUT2D eigenvalue weighted by Gasteiger charge is 2.48. The number of aldehydes is 1. The minimum atomic E-state index is -2.16. The van der Waals surface area contributed by atoms with E-state index < -0.39 is 46.0 Å². The number of nitrogens with one attached hydrogen (secondary N) is 1. The molecule has 2 N–H and O–H groups in total. The molecule has 3 aromatic carbocycles. The van der Waals surface area contributed by atoms with Gasteiger partial charge in [0.15, 0.2) is 22.8 Å². The molecule has 26 heteroatoms. The smallest absolute Gasteiger partial charge is 0.416 e. The molecule has 112 heavy (non-hydrogen) atoms. The van der Waals surface area contributed by atoms with Crippen molar-refractivity contribution in [2.75, 3.05) is 9.80 Å². The first-order valence-electron chi connectivity index (χ1n) is 37.8. The average Bonchev–Trinajstić information content (AvgIpc) is 1.57. The molecule has 20 nitrogen and oxygen atoms in total. The largest absolute Gasteiger partial charge is 0.443 e. The predicted octanol–water partition coefficient (Wildman–Crippen LogP) is 22.5. The first kappa shape index (κ1) is 87.1. The molecule has 9 aromatic heterocycles. The molecule has 0 radical (unpaired) electrons. The van der Waals surface area contributed by atoms with Crippen LogP contribution in [0.4, 0.5) is 21.2 Å². The van der Waals surface area contributed by atoms with E-state index in [0.717, 1.165) is 74.4 Å². The van der Waals surface area contributed by atoms with Gasteiger partial charge < -0.3 is 28.0 Å². The number of ether oxygens (including phenoxy) is 2. The van der Waals surface area contributed by atoms with Crippen molar-refractivity contribution in [1.29, 1.82) is 0 Å². The van der Waals surface area contributed by atoms with Crippen molar-refractivity contribution in [3.8, 4) is 0 Å². The van der Waals surface area contributed by atoms with Gasteiger partial charge >= 0.3 is 12.2 Å². The number of H-pyrrole nitrogens is 1. The molecule has 9 heterocycles. The summed E-state index contributed by atoms with van der Waals surface area (Å²) in [7, 11) is -3.88. The number of hydrogen-bond acceptors (Lipinski definition) is 15. The Morgan fingerprint density at radius 1 is 0.509 bits per heavy atom. The molecular weight excluding hydrogens is 1610 g/mol. The van der Waals surface area contributed by atoms with Crippen LogP contribution in [-0.4, -0.2) is 110 Å². The first-order valence-corrected chi connectivity index (χ1v) is 44.4. The molecule has 12 rings (SSSR count). The van der Waals surface area contributed by atoms with Gasteiger partial charge in [0.25, 0.3) is 0 Å². The SMILES string of the molecule is CC(C)(C)OC(=O)N(Cc1ccc(Cl)cc1)c1ccc(C=O)cn1.CC(C)[Si](C(C)C)(C(C)C)n1cc(C(O)c2ccc(N(Cc3ccc(Cl)cc3)C(=O)OC(C)(C)C)nc2)c2cncnc21.CC(C)[Si](C(C)C)(C(C)C)n1cc(I)c2cncnc21.Clc1ccc(CCc2ccc(Cc3c[nH]c4ncncc34)cn2)cc1. The Labute approximate surface area is 689 Å². The maximum Gasteiger partial charge on any atom is 0.416 e. The maximum absolute atomic E-state index is 13.3. The number of aromatic nitrogens is 12. The number of fused-ring (bicyclic) bond motifs is 3. The van der Waals surface area contributed by atoms with Gasteiger partial charge in [0.05, 0.1) is 13.1 Å². The lowest BCUT2D eigenvalue weighted by atomic mass is 10.0. The van der Waals surface area contributed by atoms with Crippen LogP contribution in [0.5, 0.6) is 0 Å². The maximum atomic E-state index is 13.3. The zero-order valence-electron chi connectivity index (χ0n) is 67.3. The molecule has 12 aromatic rings. The van der Waals surface area contributed by atoms with E-state index in [1.807, 2.05) is 82.0 Å². The molecule has 0 saturated carbocycles. The van der Waals surface area contributed by atoms with Gasteiger partial charge in [-0.05, 0) is 199 Å². The number of hydrogen-bond donors (Lipinski definition) is 2. The summed E-state index contributed by atoms with van der Waals surface area (Å²) >= 11 is 20.3. The van der Waals surface area contributed by atoms with Crippen molar-refractivity contribution >= 4 is 137 Å². The monoisotopic (exact) mass is 1720 g/mol. The summed E-state index contributed by atoms with van der Waals surface area (Å²) < 4.78 is 17.4. The van der Waals surface area contributed by atoms with Gasteiger partial charge in [-0.2, -0.15) is 0 Å². The molecule has 2 amide bonds. The number of benzene rings is 3. The van der Waals surface area contributed by atoms with Crippen LogP contribution in [-0.2, 0) is 41.8 Å². The van der Waals surface area contributed by atoms with Gasteiger partial charge in [-0.15, -0.1) is 0 Å². The van der Waals surface area contributed by atoms with Crippen molar-refractivity contribution in [2.24, 2.45) is 0 Å². The zero-order chi connectivity index (χ0) is 81.6. The number of aryl methyl sites for hydroxylation is 2. The van der Waals surface area contributed by atoms with Gasteiger partial charge in [-0.1, -0.05) is 166 Å². The number of carbonyl (C=O) groups excluding carboxylic acids is 3. The Bertz CT molecular complexity index is 5030. The topological polar surface area (TPSA) is 238 Å². The number of rotatable bonds is 22. The van der Waals surface area contributed by atoms with Crippen LogP contribution < -0.4 is 9.80 Å². The fourth-order valence-electron chi connectivity index (χ4n) is 15.5. The third-order valence-corrected chi connectivity index (χ3v) is 35.2. The third-order valence-electron chi connectivity index (χ3n) is 20.2. The highest BCUT2D eigenvalue weighted by atomic mass is 127. The summed E-state index contributed by atoms with van der Waals surface area (Å²) in [6.07, 6.45) is 23.2. The number of aromatic amines is 1. The quantitative estimate of drug-likeness (QED) is 0.0364. The highest BCUT2D eigenvalue weighted by Crippen LogP contribution is 2.47. The molecule has 0 aliphatic carbocycles. The van der Waals surface area contributed by atoms with Crippen molar-refractivity contribution in [1.82, 2.24) is 58.3 Å². The fraction of sp³-hybridized carbons (Fsp3) is 0.372. The summed E-state index contributed by atoms with van der Waals surface area (Å²) in [5.74, 6) is 0.821. The van der Waals surface area contributed by atoms with E-state index in [1.165, 1.54) is 41.6 Å². The fourth-order valence-corrected chi connectivity index (χ4v) is 29.9. The summed E-state index contributed by atoms with van der Waals surface area (Å²) in [5.41, 5.74) is 13.2. The minimum absolute atomic E-state index is 0.248. The third kappa shape index (κ3) is 21.3. The van der Waals surface area contributed by atoms with Crippen LogP contribution in [0.25, 0.3) is 33.1 Å². The lowest BCUT2D eigenvalue weighted by Gasteiger charge is -2.44. The van der Waals surface area contributed by atoms with Crippen molar-refractivity contribution in [2.45, 2.75) is 208 Å². The number of nitrogens with zero attached hydrogens (tertiary/aromatic N) is 13. The lowest BCUT2D eigenvalue weighted by molar-refractivity contribution is 0.0565. The summed E-state index contributed by atoms with van der Waals surface area (Å²) in [6, 6.07) is 33.5. The summed E-state index contributed by atoms with van der Waals surface area (Å²) in [6.45, 7) is 39.5. The molecule has 0 saturated heterocycles. The Morgan fingerprint density at radius 2 is 0.946 bits per heavy atom. The van der Waals surface area contributed by atoms with Crippen LogP contribution in [0, 0.1) is 3.57 Å². The molecule has 590 valence electrons. The Hall–Kier alpha value is -8.83. The van der Waals surface area contributed by atoms with Crippen molar-refractivity contribution in [3.63, 3.8) is 0 Å². The van der Waals surface area contributed by atoms with Crippen LogP contribution in [0.3, 0.4) is 0 Å². The van der Waals surface area contributed by atoms with Crippen LogP contribution in [0.1, 0.15) is 186 Å². The predicted molar refractivity (Wildman–Crippen MR) is 466 cm³/mol. The number of pyridine rings is 3. The number of anilines is 2. The van der Waals surface area contributed by atoms with Crippen molar-refractivity contribution in [3.05, 3.63) is 253 Å². The molecular formula is C86H104Cl3IN14O6Si2. The minimum Gasteiger partial charge on any atom is -0.443 e. The van der Waals surface area contributed by atoms with E-state index in [2.05, 4.69) is 196 Å².